The first-order valence-corrected chi connectivity index (χ1v) is 10.5. The van der Waals surface area contributed by atoms with E-state index in [1.54, 1.807) is 28.6 Å². The second kappa shape index (κ2) is 7.43. The number of nitrogens with zero attached hydrogens (tertiary/aromatic N) is 2. The second-order valence-corrected chi connectivity index (χ2v) is 9.12. The molecule has 6 nitrogen and oxygen atoms in total. The zero-order valence-corrected chi connectivity index (χ0v) is 15.8. The fourth-order valence-corrected chi connectivity index (χ4v) is 5.19. The molecule has 1 aromatic carbocycles. The first-order chi connectivity index (χ1) is 11.9. The lowest BCUT2D eigenvalue weighted by atomic mass is 10.0. The topological polar surface area (TPSA) is 69.7 Å². The molecule has 1 aromatic rings. The second-order valence-electron chi connectivity index (χ2n) is 7.19. The molecular formula is C18H27N3O3S. The summed E-state index contributed by atoms with van der Waals surface area (Å²) >= 11 is 0. The third kappa shape index (κ3) is 3.88. The summed E-state index contributed by atoms with van der Waals surface area (Å²) < 4.78 is 27.1. The van der Waals surface area contributed by atoms with Gasteiger partial charge in [0.2, 0.25) is 10.0 Å². The van der Waals surface area contributed by atoms with Crippen LogP contribution in [0.2, 0.25) is 0 Å². The third-order valence-corrected chi connectivity index (χ3v) is 7.00. The molecule has 1 unspecified atom stereocenters. The van der Waals surface area contributed by atoms with Gasteiger partial charge >= 0.3 is 0 Å². The van der Waals surface area contributed by atoms with Gasteiger partial charge in [-0.05, 0) is 49.9 Å². The number of nitrogens with one attached hydrogen (secondary N) is 1. The quantitative estimate of drug-likeness (QED) is 0.882. The molecule has 2 saturated heterocycles. The predicted molar refractivity (Wildman–Crippen MR) is 97.0 cm³/mol. The van der Waals surface area contributed by atoms with Crippen LogP contribution < -0.4 is 5.32 Å². The Morgan fingerprint density at radius 2 is 1.88 bits per heavy atom. The van der Waals surface area contributed by atoms with E-state index in [0.29, 0.717) is 31.1 Å². The van der Waals surface area contributed by atoms with Crippen molar-refractivity contribution in [3.63, 3.8) is 0 Å². The van der Waals surface area contributed by atoms with E-state index in [1.807, 2.05) is 11.8 Å². The van der Waals surface area contributed by atoms with Gasteiger partial charge in [0.15, 0.2) is 0 Å². The lowest BCUT2D eigenvalue weighted by Crippen LogP contribution is -2.52. The molecule has 0 aliphatic carbocycles. The highest BCUT2D eigenvalue weighted by Gasteiger charge is 2.29. The van der Waals surface area contributed by atoms with Gasteiger partial charge in [-0.2, -0.15) is 4.31 Å². The van der Waals surface area contributed by atoms with Gasteiger partial charge in [-0.25, -0.2) is 8.42 Å². The Morgan fingerprint density at radius 1 is 1.16 bits per heavy atom. The summed E-state index contributed by atoms with van der Waals surface area (Å²) in [6.45, 7) is 7.48. The third-order valence-electron chi connectivity index (χ3n) is 5.12. The van der Waals surface area contributed by atoms with Crippen molar-refractivity contribution in [1.82, 2.24) is 14.5 Å². The molecule has 0 radical (unpaired) electrons. The van der Waals surface area contributed by atoms with Crippen molar-refractivity contribution in [3.05, 3.63) is 29.8 Å². The highest BCUT2D eigenvalue weighted by atomic mass is 32.2. The molecule has 2 aliphatic rings. The van der Waals surface area contributed by atoms with Crippen LogP contribution >= 0.6 is 0 Å². The summed E-state index contributed by atoms with van der Waals surface area (Å²) in [5.41, 5.74) is 0.541. The maximum absolute atomic E-state index is 12.8. The van der Waals surface area contributed by atoms with Gasteiger partial charge in [0.1, 0.15) is 0 Å². The van der Waals surface area contributed by atoms with E-state index >= 15 is 0 Å². The molecule has 138 valence electrons. The van der Waals surface area contributed by atoms with Crippen LogP contribution in [0, 0.1) is 5.92 Å². The monoisotopic (exact) mass is 365 g/mol. The summed E-state index contributed by atoms with van der Waals surface area (Å²) in [5.74, 6) is 0.350. The SMILES string of the molecule is CC1CCCN(S(=O)(=O)c2ccc(C(=O)N3CCNC[C@@H]3C)cc2)C1. The summed E-state index contributed by atoms with van der Waals surface area (Å²) in [5, 5.41) is 3.26. The summed E-state index contributed by atoms with van der Waals surface area (Å²) in [6, 6.07) is 6.54. The molecule has 1 N–H and O–H groups in total. The molecule has 0 spiro atoms. The average molecular weight is 365 g/mol. The van der Waals surface area contributed by atoms with Crippen molar-refractivity contribution in [3.8, 4) is 0 Å². The Morgan fingerprint density at radius 3 is 2.52 bits per heavy atom. The number of benzene rings is 1. The van der Waals surface area contributed by atoms with E-state index in [2.05, 4.69) is 12.2 Å². The summed E-state index contributed by atoms with van der Waals surface area (Å²) in [7, 11) is -3.47. The maximum Gasteiger partial charge on any atom is 0.254 e. The molecule has 2 fully saturated rings. The van der Waals surface area contributed by atoms with Crippen LogP contribution in [0.15, 0.2) is 29.2 Å². The first-order valence-electron chi connectivity index (χ1n) is 9.01. The van der Waals surface area contributed by atoms with Crippen LogP contribution in [0.3, 0.4) is 0 Å². The molecule has 2 aliphatic heterocycles. The van der Waals surface area contributed by atoms with Crippen molar-refractivity contribution >= 4 is 15.9 Å². The minimum Gasteiger partial charge on any atom is -0.333 e. The number of piperazine rings is 1. The van der Waals surface area contributed by atoms with E-state index in [0.717, 1.165) is 25.9 Å². The number of sulfonamides is 1. The van der Waals surface area contributed by atoms with Crippen LogP contribution in [-0.2, 0) is 10.0 Å². The summed E-state index contributed by atoms with van der Waals surface area (Å²) in [6.07, 6.45) is 1.97. The molecule has 25 heavy (non-hydrogen) atoms. The van der Waals surface area contributed by atoms with Crippen LogP contribution in [0.25, 0.3) is 0 Å². The van der Waals surface area contributed by atoms with Crippen LogP contribution in [0.5, 0.6) is 0 Å². The maximum atomic E-state index is 12.8. The smallest absolute Gasteiger partial charge is 0.254 e. The summed E-state index contributed by atoms with van der Waals surface area (Å²) in [4.78, 5) is 14.8. The van der Waals surface area contributed by atoms with Crippen LogP contribution in [0.4, 0.5) is 0 Å². The zero-order valence-electron chi connectivity index (χ0n) is 14.9. The van der Waals surface area contributed by atoms with Gasteiger partial charge < -0.3 is 10.2 Å². The van der Waals surface area contributed by atoms with E-state index in [4.69, 9.17) is 0 Å². The van der Waals surface area contributed by atoms with Crippen LogP contribution in [0.1, 0.15) is 37.0 Å². The van der Waals surface area contributed by atoms with E-state index in [1.165, 1.54) is 0 Å². The lowest BCUT2D eigenvalue weighted by molar-refractivity contribution is 0.0655. The molecule has 0 aromatic heterocycles. The number of hydrogen-bond donors (Lipinski definition) is 1. The number of hydrogen-bond acceptors (Lipinski definition) is 4. The number of amides is 1. The van der Waals surface area contributed by atoms with Gasteiger partial charge in [-0.15, -0.1) is 0 Å². The van der Waals surface area contributed by atoms with E-state index in [-0.39, 0.29) is 16.8 Å². The van der Waals surface area contributed by atoms with Gasteiger partial charge in [0.25, 0.3) is 5.91 Å². The minimum absolute atomic E-state index is 0.0375. The fraction of sp³-hybridized carbons (Fsp3) is 0.611. The van der Waals surface area contributed by atoms with Crippen molar-refractivity contribution in [2.75, 3.05) is 32.7 Å². The largest absolute Gasteiger partial charge is 0.333 e. The highest BCUT2D eigenvalue weighted by molar-refractivity contribution is 7.89. The number of rotatable bonds is 3. The number of carbonyl (C=O) groups is 1. The van der Waals surface area contributed by atoms with Gasteiger partial charge in [0, 0.05) is 44.3 Å². The molecule has 0 saturated carbocycles. The lowest BCUT2D eigenvalue weighted by Gasteiger charge is -2.34. The first kappa shape index (κ1) is 18.4. The number of piperidine rings is 1. The Kier molecular flexibility index (Phi) is 5.46. The Hall–Kier alpha value is -1.44. The standard InChI is InChI=1S/C18H27N3O3S/c1-14-4-3-10-20(13-14)25(23,24)17-7-5-16(6-8-17)18(22)21-11-9-19-12-15(21)2/h5-8,14-15,19H,3-4,9-13H2,1-2H3/t14?,15-/m0/s1. The molecule has 3 rings (SSSR count). The molecule has 1 amide bonds. The molecular weight excluding hydrogens is 338 g/mol. The predicted octanol–water partition coefficient (Wildman–Crippen LogP) is 1.54. The Bertz CT molecular complexity index is 718. The Balaban J connectivity index is 1.76. The van der Waals surface area contributed by atoms with Crippen molar-refractivity contribution in [2.24, 2.45) is 5.92 Å². The zero-order chi connectivity index (χ0) is 18.0. The average Bonchev–Trinajstić information content (AvgIpc) is 2.62. The molecule has 0 bridgehead atoms. The normalized spacial score (nSPS) is 25.8. The minimum atomic E-state index is -3.47. The highest BCUT2D eigenvalue weighted by Crippen LogP contribution is 2.24. The molecule has 2 atom stereocenters. The van der Waals surface area contributed by atoms with Gasteiger partial charge in [-0.3, -0.25) is 4.79 Å². The fourth-order valence-electron chi connectivity index (χ4n) is 3.59. The molecule has 2 heterocycles. The Labute approximate surface area is 150 Å². The van der Waals surface area contributed by atoms with Crippen molar-refractivity contribution < 1.29 is 13.2 Å². The van der Waals surface area contributed by atoms with Crippen molar-refractivity contribution in [2.45, 2.75) is 37.6 Å². The van der Waals surface area contributed by atoms with E-state index < -0.39 is 10.0 Å². The van der Waals surface area contributed by atoms with Gasteiger partial charge in [0.05, 0.1) is 4.90 Å². The molecule has 7 heteroatoms. The van der Waals surface area contributed by atoms with Gasteiger partial charge in [-0.1, -0.05) is 6.92 Å². The number of carbonyl (C=O) groups excluding carboxylic acids is 1. The van der Waals surface area contributed by atoms with Crippen molar-refractivity contribution in [1.29, 1.82) is 0 Å². The van der Waals surface area contributed by atoms with Crippen LogP contribution in [-0.4, -0.2) is 62.3 Å². The van der Waals surface area contributed by atoms with E-state index in [9.17, 15) is 13.2 Å².